The fourth-order valence-corrected chi connectivity index (χ4v) is 2.45. The maximum atomic E-state index is 11.1. The number of rotatable bonds is 3. The van der Waals surface area contributed by atoms with Gasteiger partial charge in [-0.1, -0.05) is 0 Å². The summed E-state index contributed by atoms with van der Waals surface area (Å²) >= 11 is 1.65. The summed E-state index contributed by atoms with van der Waals surface area (Å²) in [5.74, 6) is -0.901. The van der Waals surface area contributed by atoms with Gasteiger partial charge in [-0.2, -0.15) is 11.3 Å². The summed E-state index contributed by atoms with van der Waals surface area (Å²) < 4.78 is 4.48. The van der Waals surface area contributed by atoms with Crippen molar-refractivity contribution in [3.63, 3.8) is 0 Å². The first kappa shape index (κ1) is 11.3. The van der Waals surface area contributed by atoms with E-state index >= 15 is 0 Å². The highest BCUT2D eigenvalue weighted by atomic mass is 32.1. The molecule has 5 heteroatoms. The van der Waals surface area contributed by atoms with Gasteiger partial charge in [0.2, 0.25) is 0 Å². The van der Waals surface area contributed by atoms with Gasteiger partial charge in [-0.15, -0.1) is 0 Å². The zero-order valence-corrected chi connectivity index (χ0v) is 9.83. The Morgan fingerprint density at radius 3 is 2.69 bits per heavy atom. The molecule has 1 fully saturated rings. The minimum absolute atomic E-state index is 0.173. The molecular formula is C11H13NO3S. The summed E-state index contributed by atoms with van der Waals surface area (Å²) in [5.41, 5.74) is 1.24. The fraction of sp³-hybridized carbons (Fsp3) is 0.455. The molecule has 16 heavy (non-hydrogen) atoms. The molecule has 0 amide bonds. The lowest BCUT2D eigenvalue weighted by atomic mass is 10.1. The van der Waals surface area contributed by atoms with Crippen LogP contribution in [0, 0.1) is 0 Å². The summed E-state index contributed by atoms with van der Waals surface area (Å²) in [7, 11) is 0. The summed E-state index contributed by atoms with van der Waals surface area (Å²) in [6.07, 6.45) is 0.851. The van der Waals surface area contributed by atoms with E-state index in [0.29, 0.717) is 0 Å². The van der Waals surface area contributed by atoms with Crippen LogP contribution in [-0.2, 0) is 20.7 Å². The summed E-state index contributed by atoms with van der Waals surface area (Å²) in [6, 6.07) is 2.23. The average Bonchev–Trinajstić information content (AvgIpc) is 2.68. The normalized spacial score (nSPS) is 19.6. The molecule has 0 N–H and O–H groups in total. The number of hydrogen-bond acceptors (Lipinski definition) is 5. The van der Waals surface area contributed by atoms with Crippen molar-refractivity contribution < 1.29 is 14.3 Å². The number of carbonyl (C=O) groups is 2. The highest BCUT2D eigenvalue weighted by Crippen LogP contribution is 2.13. The monoisotopic (exact) mass is 239 g/mol. The average molecular weight is 239 g/mol. The minimum atomic E-state index is -0.451. The molecule has 0 bridgehead atoms. The molecule has 86 valence electrons. The molecule has 0 radical (unpaired) electrons. The van der Waals surface area contributed by atoms with E-state index in [1.165, 1.54) is 5.56 Å². The molecular weight excluding hydrogens is 226 g/mol. The quantitative estimate of drug-likeness (QED) is 0.584. The van der Waals surface area contributed by atoms with Crippen LogP contribution in [0.2, 0.25) is 0 Å². The van der Waals surface area contributed by atoms with Crippen molar-refractivity contribution in [2.45, 2.75) is 19.4 Å². The SMILES string of the molecule is CC(Cc1ccsc1)N1CC(=O)OC(=O)C1. The Morgan fingerprint density at radius 1 is 1.44 bits per heavy atom. The molecule has 0 spiro atoms. The molecule has 1 saturated heterocycles. The Labute approximate surface area is 97.8 Å². The second-order valence-corrected chi connectivity index (χ2v) is 4.72. The van der Waals surface area contributed by atoms with Crippen LogP contribution in [0.15, 0.2) is 16.8 Å². The Kier molecular flexibility index (Phi) is 3.36. The van der Waals surface area contributed by atoms with Crippen LogP contribution in [-0.4, -0.2) is 36.0 Å². The zero-order valence-electron chi connectivity index (χ0n) is 9.01. The summed E-state index contributed by atoms with van der Waals surface area (Å²) in [4.78, 5) is 24.1. The number of nitrogens with zero attached hydrogens (tertiary/aromatic N) is 1. The molecule has 1 unspecified atom stereocenters. The molecule has 1 atom stereocenters. The highest BCUT2D eigenvalue weighted by Gasteiger charge is 2.28. The molecule has 1 aromatic heterocycles. The van der Waals surface area contributed by atoms with Crippen molar-refractivity contribution in [3.8, 4) is 0 Å². The van der Waals surface area contributed by atoms with Crippen LogP contribution in [0.3, 0.4) is 0 Å². The van der Waals surface area contributed by atoms with Crippen molar-refractivity contribution >= 4 is 23.3 Å². The molecule has 0 saturated carbocycles. The van der Waals surface area contributed by atoms with Gasteiger partial charge in [0.15, 0.2) is 0 Å². The fourth-order valence-electron chi connectivity index (χ4n) is 1.77. The Balaban J connectivity index is 1.96. The van der Waals surface area contributed by atoms with Crippen LogP contribution in [0.25, 0.3) is 0 Å². The topological polar surface area (TPSA) is 46.6 Å². The number of esters is 2. The second kappa shape index (κ2) is 4.76. The molecule has 0 aromatic carbocycles. The summed E-state index contributed by atoms with van der Waals surface area (Å²) in [6.45, 7) is 2.43. The van der Waals surface area contributed by atoms with Gasteiger partial charge < -0.3 is 4.74 Å². The van der Waals surface area contributed by atoms with E-state index in [0.717, 1.165) is 6.42 Å². The lowest BCUT2D eigenvalue weighted by Crippen LogP contribution is -2.47. The van der Waals surface area contributed by atoms with Gasteiger partial charge in [0.05, 0.1) is 13.1 Å². The molecule has 1 aromatic rings. The molecule has 2 heterocycles. The third-order valence-corrected chi connectivity index (χ3v) is 3.36. The van der Waals surface area contributed by atoms with Gasteiger partial charge in [0.1, 0.15) is 0 Å². The summed E-state index contributed by atoms with van der Waals surface area (Å²) in [5, 5.41) is 4.11. The number of ether oxygens (including phenoxy) is 1. The van der Waals surface area contributed by atoms with Crippen LogP contribution in [0.4, 0.5) is 0 Å². The van der Waals surface area contributed by atoms with E-state index in [9.17, 15) is 9.59 Å². The molecule has 1 aliphatic heterocycles. The largest absolute Gasteiger partial charge is 0.391 e. The molecule has 2 rings (SSSR count). The van der Waals surface area contributed by atoms with Gasteiger partial charge >= 0.3 is 11.9 Å². The number of carbonyl (C=O) groups excluding carboxylic acids is 2. The van der Waals surface area contributed by atoms with Crippen molar-refractivity contribution in [2.24, 2.45) is 0 Å². The Bertz CT molecular complexity index is 372. The highest BCUT2D eigenvalue weighted by molar-refractivity contribution is 7.07. The van der Waals surface area contributed by atoms with Gasteiger partial charge in [-0.3, -0.25) is 14.5 Å². The van der Waals surface area contributed by atoms with Crippen LogP contribution >= 0.6 is 11.3 Å². The third kappa shape index (κ3) is 2.68. The number of morpholine rings is 1. The van der Waals surface area contributed by atoms with Crippen LogP contribution in [0.5, 0.6) is 0 Å². The third-order valence-electron chi connectivity index (χ3n) is 2.63. The predicted molar refractivity (Wildman–Crippen MR) is 60.2 cm³/mol. The number of thiophene rings is 1. The number of hydrogen-bond donors (Lipinski definition) is 0. The molecule has 1 aliphatic rings. The van der Waals surface area contributed by atoms with Crippen molar-refractivity contribution in [1.82, 2.24) is 4.90 Å². The molecule has 4 nitrogen and oxygen atoms in total. The van der Waals surface area contributed by atoms with Gasteiger partial charge in [-0.25, -0.2) is 0 Å². The predicted octanol–water partition coefficient (Wildman–Crippen LogP) is 1.06. The maximum Gasteiger partial charge on any atom is 0.327 e. The Morgan fingerprint density at radius 2 is 2.12 bits per heavy atom. The minimum Gasteiger partial charge on any atom is -0.391 e. The van der Waals surface area contributed by atoms with E-state index in [-0.39, 0.29) is 19.1 Å². The van der Waals surface area contributed by atoms with E-state index in [4.69, 9.17) is 0 Å². The lowest BCUT2D eigenvalue weighted by molar-refractivity contribution is -0.167. The van der Waals surface area contributed by atoms with Gasteiger partial charge in [0, 0.05) is 6.04 Å². The van der Waals surface area contributed by atoms with E-state index < -0.39 is 11.9 Å². The van der Waals surface area contributed by atoms with E-state index in [2.05, 4.69) is 16.2 Å². The first-order chi connectivity index (χ1) is 7.65. The number of cyclic esters (lactones) is 2. The van der Waals surface area contributed by atoms with Crippen molar-refractivity contribution in [1.29, 1.82) is 0 Å². The second-order valence-electron chi connectivity index (χ2n) is 3.94. The van der Waals surface area contributed by atoms with Gasteiger partial charge in [-0.05, 0) is 35.7 Å². The van der Waals surface area contributed by atoms with Crippen molar-refractivity contribution in [3.05, 3.63) is 22.4 Å². The lowest BCUT2D eigenvalue weighted by Gasteiger charge is -2.29. The smallest absolute Gasteiger partial charge is 0.327 e. The van der Waals surface area contributed by atoms with E-state index in [1.54, 1.807) is 11.3 Å². The molecule has 0 aliphatic carbocycles. The van der Waals surface area contributed by atoms with Gasteiger partial charge in [0.25, 0.3) is 0 Å². The first-order valence-electron chi connectivity index (χ1n) is 5.14. The zero-order chi connectivity index (χ0) is 11.5. The van der Waals surface area contributed by atoms with Crippen LogP contribution < -0.4 is 0 Å². The Hall–Kier alpha value is -1.20. The maximum absolute atomic E-state index is 11.1. The van der Waals surface area contributed by atoms with E-state index in [1.807, 2.05) is 17.2 Å². The first-order valence-corrected chi connectivity index (χ1v) is 6.08. The standard InChI is InChI=1S/C11H13NO3S/c1-8(4-9-2-3-16-7-9)12-5-10(13)15-11(14)6-12/h2-3,7-8H,4-6H2,1H3. The van der Waals surface area contributed by atoms with Crippen molar-refractivity contribution in [2.75, 3.05) is 13.1 Å². The van der Waals surface area contributed by atoms with Crippen LogP contribution in [0.1, 0.15) is 12.5 Å².